The summed E-state index contributed by atoms with van der Waals surface area (Å²) in [6.07, 6.45) is -0.139. The number of hydrogen-bond donors (Lipinski definition) is 0. The molecular weight excluding hydrogens is 440 g/mol. The maximum atomic E-state index is 14.5. The van der Waals surface area contributed by atoms with Crippen molar-refractivity contribution in [2.45, 2.75) is 31.2 Å². The molecule has 0 aliphatic carbocycles. The summed E-state index contributed by atoms with van der Waals surface area (Å²) < 4.78 is 8.16. The lowest BCUT2D eigenvalue weighted by Crippen LogP contribution is -2.49. The third kappa shape index (κ3) is 3.67. The summed E-state index contributed by atoms with van der Waals surface area (Å²) in [6, 6.07) is 27.8. The third-order valence-electron chi connectivity index (χ3n) is 6.70. The molecule has 0 unspecified atom stereocenters. The second-order valence-corrected chi connectivity index (χ2v) is 8.95. The summed E-state index contributed by atoms with van der Waals surface area (Å²) in [6.45, 7) is 0.699. The molecule has 0 bridgehead atoms. The zero-order valence-electron chi connectivity index (χ0n) is 19.3. The highest BCUT2D eigenvalue weighted by molar-refractivity contribution is 6.01. The number of aromatic nitrogens is 4. The van der Waals surface area contributed by atoms with E-state index in [0.717, 1.165) is 22.3 Å². The highest BCUT2D eigenvalue weighted by atomic mass is 16.5. The Hall–Kier alpha value is -4.33. The van der Waals surface area contributed by atoms with Crippen molar-refractivity contribution in [1.29, 1.82) is 0 Å². The highest BCUT2D eigenvalue weighted by Gasteiger charge is 2.56. The molecule has 1 amide bonds. The van der Waals surface area contributed by atoms with E-state index in [-0.39, 0.29) is 12.5 Å². The van der Waals surface area contributed by atoms with E-state index in [1.54, 1.807) is 16.6 Å². The van der Waals surface area contributed by atoms with Crippen molar-refractivity contribution in [3.8, 4) is 0 Å². The van der Waals surface area contributed by atoms with Gasteiger partial charge in [-0.3, -0.25) is 4.79 Å². The van der Waals surface area contributed by atoms with E-state index >= 15 is 0 Å². The zero-order valence-corrected chi connectivity index (χ0v) is 19.3. The van der Waals surface area contributed by atoms with Gasteiger partial charge >= 0.3 is 0 Å². The Labute approximate surface area is 202 Å². The van der Waals surface area contributed by atoms with Gasteiger partial charge in [-0.15, -0.1) is 5.10 Å². The molecular formula is C27H24N6O2. The minimum absolute atomic E-state index is 0.100. The minimum Gasteiger partial charge on any atom is -0.466 e. The molecule has 3 heterocycles. The molecule has 0 saturated carbocycles. The summed E-state index contributed by atoms with van der Waals surface area (Å²) in [5, 5.41) is 11.8. The summed E-state index contributed by atoms with van der Waals surface area (Å²) >= 11 is 0. The van der Waals surface area contributed by atoms with Crippen molar-refractivity contribution >= 4 is 11.8 Å². The number of aliphatic imine (C=N–C) groups is 1. The van der Waals surface area contributed by atoms with Crippen LogP contribution in [-0.4, -0.2) is 42.5 Å². The fraction of sp³-hybridized carbons (Fsp3) is 0.222. The van der Waals surface area contributed by atoms with E-state index in [1.165, 1.54) is 0 Å². The van der Waals surface area contributed by atoms with Gasteiger partial charge in [-0.1, -0.05) is 72.8 Å². The number of carbonyl (C=O) groups is 1. The van der Waals surface area contributed by atoms with E-state index in [2.05, 4.69) is 15.5 Å². The number of rotatable bonds is 5. The quantitative estimate of drug-likeness (QED) is 0.453. The number of benzene rings is 3. The molecule has 1 aromatic heterocycles. The van der Waals surface area contributed by atoms with Crippen molar-refractivity contribution in [2.24, 2.45) is 12.0 Å². The first-order valence-electron chi connectivity index (χ1n) is 11.6. The van der Waals surface area contributed by atoms with Gasteiger partial charge < -0.3 is 9.64 Å². The molecule has 2 atom stereocenters. The molecule has 0 N–H and O–H groups in total. The number of aryl methyl sites for hydroxylation is 1. The predicted octanol–water partition coefficient (Wildman–Crippen LogP) is 3.25. The summed E-state index contributed by atoms with van der Waals surface area (Å²) in [4.78, 5) is 21.4. The largest absolute Gasteiger partial charge is 0.466 e. The van der Waals surface area contributed by atoms with E-state index in [0.29, 0.717) is 24.7 Å². The van der Waals surface area contributed by atoms with Gasteiger partial charge in [0.1, 0.15) is 0 Å². The van der Waals surface area contributed by atoms with Gasteiger partial charge in [0.2, 0.25) is 5.90 Å². The third-order valence-corrected chi connectivity index (χ3v) is 6.70. The number of amides is 1. The summed E-state index contributed by atoms with van der Waals surface area (Å²) in [5.74, 6) is 0.990. The van der Waals surface area contributed by atoms with Crippen LogP contribution in [-0.2, 0) is 36.1 Å². The normalized spacial score (nSPS) is 21.1. The average Bonchev–Trinajstić information content (AvgIpc) is 3.46. The Morgan fingerprint density at radius 3 is 2.43 bits per heavy atom. The SMILES string of the molecule is Cn1nnnc1CN1Cc2ccccc2[C@@H]2OC(c3ccccc3)=N[C@]2(Cc2ccccc2)C1=O. The lowest BCUT2D eigenvalue weighted by atomic mass is 9.81. The maximum Gasteiger partial charge on any atom is 0.255 e. The van der Waals surface area contributed by atoms with Crippen LogP contribution in [0, 0.1) is 0 Å². The molecule has 174 valence electrons. The Kier molecular flexibility index (Phi) is 5.13. The predicted molar refractivity (Wildman–Crippen MR) is 129 cm³/mol. The molecule has 0 radical (unpaired) electrons. The number of carbonyl (C=O) groups excluding carboxylic acids is 1. The van der Waals surface area contributed by atoms with E-state index in [9.17, 15) is 4.79 Å². The van der Waals surface area contributed by atoms with Crippen molar-refractivity contribution in [2.75, 3.05) is 0 Å². The van der Waals surface area contributed by atoms with Gasteiger partial charge in [0, 0.05) is 31.1 Å². The number of hydrogen-bond acceptors (Lipinski definition) is 6. The van der Waals surface area contributed by atoms with Gasteiger partial charge in [-0.25, -0.2) is 9.67 Å². The van der Waals surface area contributed by atoms with Crippen LogP contribution in [0.5, 0.6) is 0 Å². The molecule has 0 fully saturated rings. The molecule has 35 heavy (non-hydrogen) atoms. The zero-order chi connectivity index (χ0) is 23.8. The van der Waals surface area contributed by atoms with E-state index in [1.807, 2.05) is 84.9 Å². The lowest BCUT2D eigenvalue weighted by molar-refractivity contribution is -0.140. The lowest BCUT2D eigenvalue weighted by Gasteiger charge is -2.32. The van der Waals surface area contributed by atoms with Gasteiger partial charge in [-0.05, 0) is 33.7 Å². The van der Waals surface area contributed by atoms with Crippen molar-refractivity contribution < 1.29 is 9.53 Å². The summed E-state index contributed by atoms with van der Waals surface area (Å²) in [5.41, 5.74) is 2.71. The van der Waals surface area contributed by atoms with E-state index in [4.69, 9.17) is 9.73 Å². The first-order chi connectivity index (χ1) is 17.1. The molecule has 3 aromatic carbocycles. The van der Waals surface area contributed by atoms with Crippen LogP contribution in [0.3, 0.4) is 0 Å². The fourth-order valence-corrected chi connectivity index (χ4v) is 4.95. The topological polar surface area (TPSA) is 85.5 Å². The first-order valence-corrected chi connectivity index (χ1v) is 11.6. The second-order valence-electron chi connectivity index (χ2n) is 8.95. The van der Waals surface area contributed by atoms with Crippen LogP contribution in [0.2, 0.25) is 0 Å². The second kappa shape index (κ2) is 8.47. The summed E-state index contributed by atoms with van der Waals surface area (Å²) in [7, 11) is 1.78. The Balaban J connectivity index is 1.53. The van der Waals surface area contributed by atoms with Gasteiger partial charge in [0.15, 0.2) is 17.5 Å². The van der Waals surface area contributed by atoms with Gasteiger partial charge in [0.25, 0.3) is 5.91 Å². The molecule has 0 saturated heterocycles. The Bertz CT molecular complexity index is 1400. The molecule has 8 heteroatoms. The standard InChI is InChI=1S/C27H24N6O2/c1-32-23(29-30-31-32)18-33-17-21-14-8-9-15-22(21)24-27(26(33)34,16-19-10-4-2-5-11-19)28-25(35-24)20-12-6-3-7-13-20/h2-15,24H,16-18H2,1H3/t24-,27-/m0/s1. The van der Waals surface area contributed by atoms with Crippen LogP contribution in [0.4, 0.5) is 0 Å². The Morgan fingerprint density at radius 2 is 1.69 bits per heavy atom. The van der Waals surface area contributed by atoms with E-state index < -0.39 is 11.6 Å². The molecule has 2 aliphatic heterocycles. The van der Waals surface area contributed by atoms with Crippen LogP contribution in [0.1, 0.15) is 34.2 Å². The van der Waals surface area contributed by atoms with Crippen LogP contribution in [0.15, 0.2) is 89.9 Å². The van der Waals surface area contributed by atoms with Crippen LogP contribution in [0.25, 0.3) is 0 Å². The maximum absolute atomic E-state index is 14.5. The molecule has 0 spiro atoms. The molecule has 4 aromatic rings. The highest BCUT2D eigenvalue weighted by Crippen LogP contribution is 2.46. The number of tetrazole rings is 1. The van der Waals surface area contributed by atoms with Crippen molar-refractivity contribution in [3.63, 3.8) is 0 Å². The minimum atomic E-state index is -1.16. The van der Waals surface area contributed by atoms with Crippen molar-refractivity contribution in [1.82, 2.24) is 25.1 Å². The number of ether oxygens (including phenoxy) is 1. The monoisotopic (exact) mass is 464 g/mol. The van der Waals surface area contributed by atoms with Gasteiger partial charge in [0.05, 0.1) is 6.54 Å². The number of fused-ring (bicyclic) bond motifs is 3. The van der Waals surface area contributed by atoms with Crippen LogP contribution >= 0.6 is 0 Å². The molecule has 8 nitrogen and oxygen atoms in total. The van der Waals surface area contributed by atoms with Crippen LogP contribution < -0.4 is 0 Å². The Morgan fingerprint density at radius 1 is 0.971 bits per heavy atom. The van der Waals surface area contributed by atoms with Gasteiger partial charge in [-0.2, -0.15) is 0 Å². The molecule has 2 aliphatic rings. The fourth-order valence-electron chi connectivity index (χ4n) is 4.95. The number of nitrogens with zero attached hydrogens (tertiary/aromatic N) is 6. The smallest absolute Gasteiger partial charge is 0.255 e. The molecule has 6 rings (SSSR count). The first kappa shape index (κ1) is 21.2. The van der Waals surface area contributed by atoms with Crippen molar-refractivity contribution in [3.05, 3.63) is 113 Å². The average molecular weight is 465 g/mol.